The van der Waals surface area contributed by atoms with Crippen LogP contribution >= 0.6 is 0 Å². The number of hydrogen-bond donors (Lipinski definition) is 0. The summed E-state index contributed by atoms with van der Waals surface area (Å²) in [5.74, 6) is 2.69. The topological polar surface area (TPSA) is 78.9 Å². The Morgan fingerprint density at radius 1 is 0.526 bits per heavy atom. The number of furan rings is 2. The fourth-order valence-electron chi connectivity index (χ4n) is 5.01. The molecule has 4 aromatic carbocycles. The fraction of sp³-hybridized carbons (Fsp3) is 0.125. The first-order valence-corrected chi connectivity index (χ1v) is 12.2. The average molecular weight is 505 g/mol. The molecule has 0 N–H and O–H groups in total. The highest BCUT2D eigenvalue weighted by atomic mass is 16.5. The van der Waals surface area contributed by atoms with Crippen LogP contribution < -0.4 is 9.47 Å². The summed E-state index contributed by atoms with van der Waals surface area (Å²) in [6, 6.07) is 22.0. The Labute approximate surface area is 218 Å². The predicted molar refractivity (Wildman–Crippen MR) is 146 cm³/mol. The number of ketones is 2. The van der Waals surface area contributed by atoms with Crippen LogP contribution in [0.15, 0.2) is 81.6 Å². The molecule has 0 atom stereocenters. The zero-order chi connectivity index (χ0) is 26.6. The van der Waals surface area contributed by atoms with Gasteiger partial charge in [-0.1, -0.05) is 24.3 Å². The summed E-state index contributed by atoms with van der Waals surface area (Å²) >= 11 is 0. The number of carbonyl (C=O) groups is 2. The van der Waals surface area contributed by atoms with Crippen LogP contribution in [-0.4, -0.2) is 25.8 Å². The average Bonchev–Trinajstić information content (AvgIpc) is 3.59. The van der Waals surface area contributed by atoms with E-state index >= 15 is 0 Å². The van der Waals surface area contributed by atoms with Crippen molar-refractivity contribution < 1.29 is 27.9 Å². The number of rotatable bonds is 6. The standard InChI is InChI=1S/C32H24O6/c1-17-5-11-27(37-17)31(33)19-7-9-21-23(13-19)24-14-20(32(34)28-12-6-18(2)38-28)8-10-22(24)26-16-30(36-4)29(35-3)15-25(21)26/h5-16H,1-4H3. The molecular formula is C32H24O6. The van der Waals surface area contributed by atoms with E-state index in [1.807, 2.05) is 36.4 Å². The molecule has 6 heteroatoms. The smallest absolute Gasteiger partial charge is 0.228 e. The van der Waals surface area contributed by atoms with E-state index in [4.69, 9.17) is 18.3 Å². The molecule has 0 spiro atoms. The molecule has 0 bridgehead atoms. The van der Waals surface area contributed by atoms with Gasteiger partial charge in [-0.25, -0.2) is 0 Å². The second kappa shape index (κ2) is 8.92. The summed E-state index contributed by atoms with van der Waals surface area (Å²) in [7, 11) is 3.20. The molecule has 0 aliphatic rings. The van der Waals surface area contributed by atoms with Gasteiger partial charge in [0.2, 0.25) is 11.6 Å². The number of hydrogen-bond acceptors (Lipinski definition) is 6. The Bertz CT molecular complexity index is 1760. The number of carbonyl (C=O) groups excluding carboxylic acids is 2. The Morgan fingerprint density at radius 3 is 1.26 bits per heavy atom. The Morgan fingerprint density at radius 2 is 0.921 bits per heavy atom. The maximum absolute atomic E-state index is 13.3. The fourth-order valence-corrected chi connectivity index (χ4v) is 5.01. The van der Waals surface area contributed by atoms with Crippen LogP contribution in [0.25, 0.3) is 32.3 Å². The molecule has 2 heterocycles. The van der Waals surface area contributed by atoms with Gasteiger partial charge >= 0.3 is 0 Å². The minimum Gasteiger partial charge on any atom is -0.493 e. The van der Waals surface area contributed by atoms with E-state index in [9.17, 15) is 9.59 Å². The molecule has 0 saturated heterocycles. The van der Waals surface area contributed by atoms with E-state index in [1.54, 1.807) is 64.5 Å². The maximum Gasteiger partial charge on any atom is 0.228 e. The zero-order valence-electron chi connectivity index (χ0n) is 21.4. The van der Waals surface area contributed by atoms with Crippen molar-refractivity contribution >= 4 is 43.9 Å². The van der Waals surface area contributed by atoms with E-state index in [1.165, 1.54) is 0 Å². The second-order valence-corrected chi connectivity index (χ2v) is 9.25. The van der Waals surface area contributed by atoms with E-state index in [-0.39, 0.29) is 23.1 Å². The number of methoxy groups -OCH3 is 2. The third-order valence-electron chi connectivity index (χ3n) is 6.89. The Balaban J connectivity index is 1.66. The van der Waals surface area contributed by atoms with Gasteiger partial charge in [0.15, 0.2) is 23.0 Å². The molecule has 0 fully saturated rings. The van der Waals surface area contributed by atoms with Crippen molar-refractivity contribution in [1.82, 2.24) is 0 Å². The summed E-state index contributed by atoms with van der Waals surface area (Å²) in [5, 5.41) is 5.38. The lowest BCUT2D eigenvalue weighted by molar-refractivity contribution is 0.100. The van der Waals surface area contributed by atoms with Crippen molar-refractivity contribution in [2.24, 2.45) is 0 Å². The molecule has 188 valence electrons. The highest BCUT2D eigenvalue weighted by Crippen LogP contribution is 2.41. The van der Waals surface area contributed by atoms with Gasteiger partial charge in [0.1, 0.15) is 11.5 Å². The monoisotopic (exact) mass is 504 g/mol. The molecule has 2 aromatic heterocycles. The van der Waals surface area contributed by atoms with E-state index in [0.29, 0.717) is 34.1 Å². The molecule has 38 heavy (non-hydrogen) atoms. The maximum atomic E-state index is 13.3. The van der Waals surface area contributed by atoms with Crippen LogP contribution in [0.3, 0.4) is 0 Å². The van der Waals surface area contributed by atoms with Gasteiger partial charge in [-0.05, 0) is 94.7 Å². The third kappa shape index (κ3) is 3.73. The minimum atomic E-state index is -0.209. The van der Waals surface area contributed by atoms with Crippen LogP contribution in [0, 0.1) is 13.8 Å². The molecule has 0 aliphatic carbocycles. The van der Waals surface area contributed by atoms with Gasteiger partial charge in [0.05, 0.1) is 14.2 Å². The highest BCUT2D eigenvalue weighted by Gasteiger charge is 2.20. The molecule has 0 saturated carbocycles. The first-order chi connectivity index (χ1) is 18.4. The Hall–Kier alpha value is -4.84. The largest absolute Gasteiger partial charge is 0.493 e. The van der Waals surface area contributed by atoms with Crippen molar-refractivity contribution in [3.05, 3.63) is 107 Å². The number of aryl methyl sites for hydroxylation is 2. The number of benzene rings is 4. The van der Waals surface area contributed by atoms with Crippen molar-refractivity contribution in [3.63, 3.8) is 0 Å². The van der Waals surface area contributed by atoms with E-state index in [2.05, 4.69) is 0 Å². The van der Waals surface area contributed by atoms with Crippen molar-refractivity contribution in [3.8, 4) is 11.5 Å². The molecule has 0 unspecified atom stereocenters. The van der Waals surface area contributed by atoms with Gasteiger partial charge in [0, 0.05) is 11.1 Å². The van der Waals surface area contributed by atoms with Crippen LogP contribution in [0.4, 0.5) is 0 Å². The molecule has 6 aromatic rings. The molecule has 0 radical (unpaired) electrons. The SMILES string of the molecule is COc1cc2c3ccc(C(=O)c4ccc(C)o4)cc3c3cc(C(=O)c4ccc(C)o4)ccc3c2cc1OC. The molecule has 0 amide bonds. The lowest BCUT2D eigenvalue weighted by Gasteiger charge is -2.15. The van der Waals surface area contributed by atoms with Crippen molar-refractivity contribution in [1.29, 1.82) is 0 Å². The molecule has 6 nitrogen and oxygen atoms in total. The molecular weight excluding hydrogens is 480 g/mol. The van der Waals surface area contributed by atoms with Crippen molar-refractivity contribution in [2.45, 2.75) is 13.8 Å². The molecule has 6 rings (SSSR count). The van der Waals surface area contributed by atoms with Crippen molar-refractivity contribution in [2.75, 3.05) is 14.2 Å². The van der Waals surface area contributed by atoms with Gasteiger partial charge in [-0.2, -0.15) is 0 Å². The van der Waals surface area contributed by atoms with Crippen LogP contribution in [0.1, 0.15) is 43.8 Å². The molecule has 0 aliphatic heterocycles. The van der Waals surface area contributed by atoms with E-state index < -0.39 is 0 Å². The lowest BCUT2D eigenvalue weighted by Crippen LogP contribution is -2.01. The quantitative estimate of drug-likeness (QED) is 0.173. The first-order valence-electron chi connectivity index (χ1n) is 12.2. The first kappa shape index (κ1) is 23.6. The number of ether oxygens (including phenoxy) is 2. The van der Waals surface area contributed by atoms with Gasteiger partial charge < -0.3 is 18.3 Å². The van der Waals surface area contributed by atoms with Gasteiger partial charge in [-0.3, -0.25) is 9.59 Å². The third-order valence-corrected chi connectivity index (χ3v) is 6.89. The van der Waals surface area contributed by atoms with E-state index in [0.717, 1.165) is 32.3 Å². The normalized spacial score (nSPS) is 11.4. The summed E-state index contributed by atoms with van der Waals surface area (Å²) in [5.41, 5.74) is 0.984. The summed E-state index contributed by atoms with van der Waals surface area (Å²) in [6.07, 6.45) is 0. The number of fused-ring (bicyclic) bond motifs is 6. The van der Waals surface area contributed by atoms with Crippen LogP contribution in [0.2, 0.25) is 0 Å². The lowest BCUT2D eigenvalue weighted by atomic mass is 9.90. The minimum absolute atomic E-state index is 0.209. The zero-order valence-corrected chi connectivity index (χ0v) is 21.4. The Kier molecular flexibility index (Phi) is 5.53. The van der Waals surface area contributed by atoms with Crippen LogP contribution in [0.5, 0.6) is 11.5 Å². The van der Waals surface area contributed by atoms with Gasteiger partial charge in [-0.15, -0.1) is 0 Å². The summed E-state index contributed by atoms with van der Waals surface area (Å²) in [6.45, 7) is 3.61. The summed E-state index contributed by atoms with van der Waals surface area (Å²) < 4.78 is 22.3. The highest BCUT2D eigenvalue weighted by molar-refractivity contribution is 6.28. The van der Waals surface area contributed by atoms with Gasteiger partial charge in [0.25, 0.3) is 0 Å². The predicted octanol–water partition coefficient (Wildman–Crippen LogP) is 7.43. The summed E-state index contributed by atoms with van der Waals surface area (Å²) in [4.78, 5) is 26.5. The van der Waals surface area contributed by atoms with Crippen LogP contribution in [-0.2, 0) is 0 Å². The second-order valence-electron chi connectivity index (χ2n) is 9.25.